The molecule has 20 atom stereocenters. The van der Waals surface area contributed by atoms with Crippen molar-refractivity contribution >= 4 is 119 Å². The number of rotatable bonds is 64. The SMILES string of the molecule is CCOC(=O)C1O[C@H](CNC(=O)[C@@H]2O[C@H](CNC(=O)[C@@H]3O[C@H](CNC(=O)[C@@H]4O[C@H](CN)[C@@H](O[Si](CC)(CC)CC)[C@H](O[Si](CC)(CC)CC)[C@H]4O[Si](CC)(CC)CC)[C@@H](O[Si](CC)(CC)CC)[C@H](O[Si](CC)(CC)CC)C3NC(C)=O)[C@@H](O[Si](CC)(CC)CC)[C@H](O[Si](CC)(CC)CC)[C@H]2O[Si](CC)(CC)CC)[C@@H](O[Si](CC)(CC)CC)[C@H](O[Si](CC)(CC)CC)C1NC(C)=O. The van der Waals surface area contributed by atoms with Gasteiger partial charge in [-0.15, -0.1) is 0 Å². The van der Waals surface area contributed by atoms with Gasteiger partial charge in [0.05, 0.1) is 43.1 Å². The predicted molar refractivity (Wildman–Crippen MR) is 555 cm³/mol. The van der Waals surface area contributed by atoms with Crippen molar-refractivity contribution < 1.29 is 96.7 Å². The Morgan fingerprint density at radius 2 is 0.412 bits per heavy atom. The Balaban J connectivity index is 2.24. The van der Waals surface area contributed by atoms with Crippen molar-refractivity contribution in [3.8, 4) is 0 Å². The summed E-state index contributed by atoms with van der Waals surface area (Å²) in [7, 11) is -26.8. The van der Waals surface area contributed by atoms with E-state index in [1.54, 1.807) is 6.92 Å². The van der Waals surface area contributed by atoms with Gasteiger partial charge in [-0.25, -0.2) is 4.79 Å². The number of nitrogens with two attached hydrogens (primary N) is 1. The fourth-order valence-corrected chi connectivity index (χ4v) is 49.9. The van der Waals surface area contributed by atoms with Crippen LogP contribution >= 0.6 is 0 Å². The quantitative estimate of drug-likeness (QED) is 0.0243. The third-order valence-corrected chi connectivity index (χ3v) is 79.9. The van der Waals surface area contributed by atoms with Crippen LogP contribution in [0.15, 0.2) is 0 Å². The molecule has 4 aliphatic rings. The van der Waals surface area contributed by atoms with Gasteiger partial charge in [0.15, 0.2) is 108 Å². The number of esters is 1. The van der Waals surface area contributed by atoms with Crippen LogP contribution in [0.5, 0.6) is 0 Å². The number of hydrogen-bond donors (Lipinski definition) is 6. The molecule has 131 heavy (non-hydrogen) atoms. The highest BCUT2D eigenvalue weighted by molar-refractivity contribution is 6.77. The second-order valence-corrected chi connectivity index (χ2v) is 85.5. The first kappa shape index (κ1) is 122. The van der Waals surface area contributed by atoms with Gasteiger partial charge in [0, 0.05) is 40.0 Å². The average Bonchev–Trinajstić information content (AvgIpc) is 0.761. The summed E-state index contributed by atoms with van der Waals surface area (Å²) < 4.78 is 114. The number of hydrogen-bond acceptors (Lipinski definition) is 22. The highest BCUT2D eigenvalue weighted by Gasteiger charge is 2.62. The highest BCUT2D eigenvalue weighted by Crippen LogP contribution is 2.46. The molecule has 0 bridgehead atoms. The van der Waals surface area contributed by atoms with E-state index in [1.807, 2.05) is 0 Å². The lowest BCUT2D eigenvalue weighted by Crippen LogP contribution is -2.73. The van der Waals surface area contributed by atoms with Gasteiger partial charge in [0.1, 0.15) is 61.0 Å². The molecule has 0 aromatic rings. The molecule has 4 saturated heterocycles. The minimum atomic E-state index is -2.80. The Kier molecular flexibility index (Phi) is 52.8. The predicted octanol–water partition coefficient (Wildman–Crippen LogP) is 18.8. The fourth-order valence-electron chi connectivity index (χ4n) is 21.4. The highest BCUT2D eigenvalue weighted by atomic mass is 28.4. The standard InChI is InChI=1S/C94H196N6O21Si10/c1-34-107-94(106)84-76(100-70(33)102)82(117-127(50-17,51-18)52-19)79(114-124(41-8,42-9)43-10)73(110-84)67-98-93(105)90-88(121-131(62-29,63-30)64-31)86(119-129(56-23,57-24)58-25)80(115-125(44-11,45-12)46-13)74(111-90)68-96-91(103)83-75(99-69(32)101)81(116-126(47-14,48-15)49-16)78(113-123(38-5,39-6)40-7)72(109-83)66-97-92(104)89-87(120-130(59-26,60-27)61-28)85(118-128(53-20,54-21)55-22)77(71(65-95)108-89)112-122(35-2,36-3)37-4/h71-90H,34-68,95H2,1-33H3,(H,96,103)(H,97,104)(H,98,105)(H,99,101)(H,100,102)/t71-,72-,73-,74-,75?,76?,77-,78-,79-,80-,81-,82-,83-,84?,85+,86+,87-,88-,89-,90-/m1/s1. The number of carbonyl (C=O) groups is 6. The maximum absolute atomic E-state index is 16.9. The van der Waals surface area contributed by atoms with Crippen molar-refractivity contribution in [3.05, 3.63) is 0 Å². The van der Waals surface area contributed by atoms with Crippen LogP contribution in [0.1, 0.15) is 228 Å². The smallest absolute Gasteiger partial charge is 0.337 e. The largest absolute Gasteiger partial charge is 0.464 e. The molecular formula is C94H196N6O21Si10. The number of ether oxygens (including phenoxy) is 5. The summed E-state index contributed by atoms with van der Waals surface area (Å²) in [6.45, 7) is 69.6. The van der Waals surface area contributed by atoms with Gasteiger partial charge in [-0.1, -0.05) is 208 Å². The molecule has 4 aliphatic heterocycles. The third kappa shape index (κ3) is 29.8. The molecule has 4 heterocycles. The van der Waals surface area contributed by atoms with Crippen LogP contribution in [0.25, 0.3) is 0 Å². The van der Waals surface area contributed by atoms with Gasteiger partial charge in [-0.2, -0.15) is 0 Å². The molecule has 3 unspecified atom stereocenters. The maximum Gasteiger partial charge on any atom is 0.337 e. The van der Waals surface area contributed by atoms with Crippen molar-refractivity contribution in [2.75, 3.05) is 32.8 Å². The van der Waals surface area contributed by atoms with Crippen LogP contribution in [0.3, 0.4) is 0 Å². The van der Waals surface area contributed by atoms with Gasteiger partial charge in [-0.05, 0) is 188 Å². The van der Waals surface area contributed by atoms with E-state index in [-0.39, 0.29) is 38.7 Å². The van der Waals surface area contributed by atoms with E-state index in [0.29, 0.717) is 0 Å². The van der Waals surface area contributed by atoms with Gasteiger partial charge < -0.3 is 100 Å². The lowest BCUT2D eigenvalue weighted by molar-refractivity contribution is -0.211. The van der Waals surface area contributed by atoms with E-state index in [9.17, 15) is 14.4 Å². The molecule has 4 rings (SSSR count). The summed E-state index contributed by atoms with van der Waals surface area (Å²) in [6, 6.07) is 21.0. The van der Waals surface area contributed by atoms with Crippen molar-refractivity contribution in [2.24, 2.45) is 5.73 Å². The van der Waals surface area contributed by atoms with Crippen LogP contribution < -0.4 is 32.3 Å². The average molecular weight is 2030 g/mol. The Bertz CT molecular complexity index is 3260. The Morgan fingerprint density at radius 3 is 0.634 bits per heavy atom. The molecule has 0 radical (unpaired) electrons. The van der Waals surface area contributed by atoms with Gasteiger partial charge in [0.2, 0.25) is 11.8 Å². The van der Waals surface area contributed by atoms with Gasteiger partial charge >= 0.3 is 5.97 Å². The number of carbonyl (C=O) groups excluding carboxylic acids is 6. The monoisotopic (exact) mass is 2030 g/mol. The van der Waals surface area contributed by atoms with E-state index >= 15 is 14.4 Å². The summed E-state index contributed by atoms with van der Waals surface area (Å²) in [4.78, 5) is 93.1. The summed E-state index contributed by atoms with van der Waals surface area (Å²) >= 11 is 0. The molecule has 7 N–H and O–H groups in total. The molecule has 37 heteroatoms. The molecule has 0 aromatic heterocycles. The summed E-state index contributed by atoms with van der Waals surface area (Å²) in [5.74, 6) is -3.06. The first-order valence-electron chi connectivity index (χ1n) is 52.9. The summed E-state index contributed by atoms with van der Waals surface area (Å²) in [6.07, 6.45) is -18.2. The van der Waals surface area contributed by atoms with Gasteiger partial charge in [0.25, 0.3) is 17.7 Å². The molecule has 0 aromatic carbocycles. The summed E-state index contributed by atoms with van der Waals surface area (Å²) in [5, 5.41) is 16.6. The Morgan fingerprint density at radius 1 is 0.237 bits per heavy atom. The molecule has 4 fully saturated rings. The lowest BCUT2D eigenvalue weighted by atomic mass is 9.91. The second kappa shape index (κ2) is 56.9. The minimum absolute atomic E-state index is 0.0418. The zero-order chi connectivity index (χ0) is 98.9. The Hall–Kier alpha value is -1.61. The van der Waals surface area contributed by atoms with Crippen LogP contribution in [0.2, 0.25) is 181 Å². The maximum atomic E-state index is 16.9. The Labute approximate surface area is 806 Å². The molecular weight excluding hydrogens is 1830 g/mol. The van der Waals surface area contributed by atoms with Gasteiger partial charge in [-0.3, -0.25) is 24.0 Å². The zero-order valence-electron chi connectivity index (χ0n) is 88.9. The lowest BCUT2D eigenvalue weighted by Gasteiger charge is -2.53. The summed E-state index contributed by atoms with van der Waals surface area (Å²) in [5.41, 5.74) is 6.96. The van der Waals surface area contributed by atoms with Crippen LogP contribution in [0, 0.1) is 0 Å². The topological polar surface area (TPSA) is 327 Å². The van der Waals surface area contributed by atoms with Crippen molar-refractivity contribution in [1.82, 2.24) is 26.6 Å². The molecule has 27 nitrogen and oxygen atoms in total. The van der Waals surface area contributed by atoms with Crippen molar-refractivity contribution in [3.63, 3.8) is 0 Å². The molecule has 0 aliphatic carbocycles. The first-order valence-corrected chi connectivity index (χ1v) is 78.2. The van der Waals surface area contributed by atoms with E-state index in [1.165, 1.54) is 13.8 Å². The molecule has 5 amide bonds. The normalized spacial score (nSPS) is 27.1. The van der Waals surface area contributed by atoms with E-state index < -0.39 is 235 Å². The second-order valence-electron chi connectivity index (χ2n) is 38.3. The van der Waals surface area contributed by atoms with E-state index in [4.69, 9.17) is 73.7 Å². The number of nitrogens with one attached hydrogen (secondary N) is 5. The molecule has 768 valence electrons. The number of amides is 5. The van der Waals surface area contributed by atoms with E-state index in [0.717, 1.165) is 181 Å². The fraction of sp³-hybridized carbons (Fsp3) is 0.936. The van der Waals surface area contributed by atoms with Crippen molar-refractivity contribution in [2.45, 2.75) is 532 Å². The minimum Gasteiger partial charge on any atom is -0.464 e. The zero-order valence-corrected chi connectivity index (χ0v) is 98.9. The first-order chi connectivity index (χ1) is 62.3. The van der Waals surface area contributed by atoms with Crippen LogP contribution in [-0.2, 0) is 96.7 Å². The van der Waals surface area contributed by atoms with Crippen molar-refractivity contribution in [1.29, 1.82) is 0 Å². The van der Waals surface area contributed by atoms with E-state index in [2.05, 4.69) is 234 Å². The van der Waals surface area contributed by atoms with Crippen LogP contribution in [-0.4, -0.2) is 273 Å². The molecule has 0 saturated carbocycles. The molecule has 0 spiro atoms. The van der Waals surface area contributed by atoms with Crippen LogP contribution in [0.4, 0.5) is 0 Å². The third-order valence-electron chi connectivity index (χ3n) is 33.5.